The lowest BCUT2D eigenvalue weighted by Crippen LogP contribution is -2.50. The summed E-state index contributed by atoms with van der Waals surface area (Å²) in [7, 11) is 0. The Morgan fingerprint density at radius 2 is 2.05 bits per heavy atom. The monoisotopic (exact) mass is 580 g/mol. The van der Waals surface area contributed by atoms with Crippen LogP contribution in [0.3, 0.4) is 0 Å². The maximum Gasteiger partial charge on any atom is 0.334 e. The molecule has 0 aromatic carbocycles. The zero-order valence-electron chi connectivity index (χ0n) is 23.4. The minimum absolute atomic E-state index is 0.0263. The third-order valence-electron chi connectivity index (χ3n) is 8.30. The van der Waals surface area contributed by atoms with Crippen LogP contribution in [0.15, 0.2) is 18.0 Å². The summed E-state index contributed by atoms with van der Waals surface area (Å²) < 4.78 is 13.3. The van der Waals surface area contributed by atoms with Gasteiger partial charge in [0.25, 0.3) is 5.91 Å². The first-order valence-electron chi connectivity index (χ1n) is 14.3. The van der Waals surface area contributed by atoms with E-state index < -0.39 is 5.91 Å². The fourth-order valence-electron chi connectivity index (χ4n) is 6.34. The van der Waals surface area contributed by atoms with Crippen molar-refractivity contribution in [2.75, 3.05) is 30.3 Å². The maximum atomic E-state index is 12.3. The number of aryl methyl sites for hydroxylation is 1. The highest BCUT2D eigenvalue weighted by atomic mass is 32.1. The van der Waals surface area contributed by atoms with Gasteiger partial charge in [-0.15, -0.1) is 11.3 Å². The quantitative estimate of drug-likeness (QED) is 0.338. The number of ether oxygens (including phenoxy) is 2. The second kappa shape index (κ2) is 11.3. The predicted molar refractivity (Wildman–Crippen MR) is 156 cm³/mol. The van der Waals surface area contributed by atoms with Crippen molar-refractivity contribution in [3.8, 4) is 5.88 Å². The molecule has 0 unspecified atom stereocenters. The number of nitrogens with two attached hydrogens (primary N) is 2. The zero-order valence-corrected chi connectivity index (χ0v) is 24.2. The van der Waals surface area contributed by atoms with Crippen molar-refractivity contribution in [2.24, 2.45) is 5.73 Å². The third kappa shape index (κ3) is 5.35. The number of esters is 1. The number of anilines is 2. The lowest BCUT2D eigenvalue weighted by Gasteiger charge is -2.38. The molecule has 1 amide bonds. The molecule has 2 aliphatic heterocycles. The topological polar surface area (TPSA) is 163 Å². The van der Waals surface area contributed by atoms with Crippen LogP contribution < -0.4 is 26.4 Å². The number of amides is 1. The van der Waals surface area contributed by atoms with Gasteiger partial charge in [-0.3, -0.25) is 4.79 Å². The van der Waals surface area contributed by atoms with E-state index in [1.54, 1.807) is 4.52 Å². The molecule has 0 radical (unpaired) electrons. The summed E-state index contributed by atoms with van der Waals surface area (Å²) in [5.41, 5.74) is 16.0. The Balaban J connectivity index is 1.14. The fraction of sp³-hybridized carbons (Fsp3) is 0.536. The molecule has 218 valence electrons. The standard InChI is InChI=1S/C28H36N8O4S/c1-3-19-20(13-39-28(19)38)21-11-22(23-25(29)31-14-32-36(21)23)35-10-4-5-17(12-35)34-16-6-8-18(9-7-16)40-27-24(26(30)37)41-15(2)33-27/h11,14,16-18,34H,3-10,12-13H2,1-2H3,(H2,30,37)(H2,29,31,32)/t16?,17-,18?/m1/s1. The third-order valence-corrected chi connectivity index (χ3v) is 9.26. The Kier molecular flexibility index (Phi) is 7.56. The number of nitrogen functional groups attached to an aromatic ring is 1. The van der Waals surface area contributed by atoms with Crippen LogP contribution in [0, 0.1) is 6.92 Å². The van der Waals surface area contributed by atoms with E-state index in [0.29, 0.717) is 40.7 Å². The van der Waals surface area contributed by atoms with Crippen molar-refractivity contribution in [3.63, 3.8) is 0 Å². The molecule has 6 rings (SSSR count). The van der Waals surface area contributed by atoms with Crippen molar-refractivity contribution in [1.29, 1.82) is 0 Å². The van der Waals surface area contributed by atoms with Crippen molar-refractivity contribution < 1.29 is 19.1 Å². The number of cyclic esters (lactones) is 1. The van der Waals surface area contributed by atoms with Crippen molar-refractivity contribution in [3.05, 3.63) is 33.5 Å². The van der Waals surface area contributed by atoms with E-state index in [2.05, 4.69) is 31.3 Å². The highest BCUT2D eigenvalue weighted by Crippen LogP contribution is 2.37. The van der Waals surface area contributed by atoms with E-state index in [4.69, 9.17) is 20.9 Å². The average Bonchev–Trinajstić information content (AvgIpc) is 3.64. The Hall–Kier alpha value is -3.71. The van der Waals surface area contributed by atoms with E-state index in [9.17, 15) is 9.59 Å². The fourth-order valence-corrected chi connectivity index (χ4v) is 7.05. The summed E-state index contributed by atoms with van der Waals surface area (Å²) in [6, 6.07) is 2.79. The summed E-state index contributed by atoms with van der Waals surface area (Å²) in [4.78, 5) is 35.4. The number of carbonyl (C=O) groups excluding carboxylic acids is 2. The Bertz CT molecular complexity index is 1510. The Morgan fingerprint density at radius 1 is 1.24 bits per heavy atom. The molecule has 12 nitrogen and oxygen atoms in total. The van der Waals surface area contributed by atoms with Crippen LogP contribution in [0.5, 0.6) is 5.88 Å². The van der Waals surface area contributed by atoms with Crippen LogP contribution >= 0.6 is 11.3 Å². The summed E-state index contributed by atoms with van der Waals surface area (Å²) in [6.45, 7) is 5.78. The molecule has 3 aromatic heterocycles. The predicted octanol–water partition coefficient (Wildman–Crippen LogP) is 2.84. The smallest absolute Gasteiger partial charge is 0.334 e. The second-order valence-electron chi connectivity index (χ2n) is 11.0. The number of carbonyl (C=O) groups is 2. The van der Waals surface area contributed by atoms with Gasteiger partial charge in [0.15, 0.2) is 10.7 Å². The Morgan fingerprint density at radius 3 is 2.80 bits per heavy atom. The SMILES string of the molecule is CCC1=C(c2cc(N3CCC[C@@H](NC4CCC(Oc5nc(C)sc5C(N)=O)CC4)C3)c3c(N)ncnn23)COC1=O. The highest BCUT2D eigenvalue weighted by Gasteiger charge is 2.32. The summed E-state index contributed by atoms with van der Waals surface area (Å²) >= 11 is 1.28. The molecule has 3 aromatic rings. The van der Waals surface area contributed by atoms with E-state index in [0.717, 1.165) is 79.1 Å². The summed E-state index contributed by atoms with van der Waals surface area (Å²) in [5.74, 6) is 0.0238. The molecule has 0 spiro atoms. The lowest BCUT2D eigenvalue weighted by molar-refractivity contribution is -0.136. The average molecular weight is 581 g/mol. The van der Waals surface area contributed by atoms with Crippen LogP contribution in [0.1, 0.15) is 72.2 Å². The molecular formula is C28H36N8O4S. The second-order valence-corrected chi connectivity index (χ2v) is 12.2. The molecule has 2 fully saturated rings. The molecule has 3 aliphatic rings. The van der Waals surface area contributed by atoms with Crippen molar-refractivity contribution in [1.82, 2.24) is 24.9 Å². The molecule has 1 saturated carbocycles. The summed E-state index contributed by atoms with van der Waals surface area (Å²) in [6.07, 6.45) is 7.94. The normalized spacial score (nSPS) is 23.3. The number of fused-ring (bicyclic) bond motifs is 1. The van der Waals surface area contributed by atoms with Crippen LogP contribution in [-0.4, -0.2) is 69.3 Å². The van der Waals surface area contributed by atoms with Crippen molar-refractivity contribution in [2.45, 2.75) is 77.0 Å². The number of rotatable bonds is 8. The molecule has 0 bridgehead atoms. The molecule has 13 heteroatoms. The maximum absolute atomic E-state index is 12.3. The van der Waals surface area contributed by atoms with E-state index >= 15 is 0 Å². The first kappa shape index (κ1) is 27.5. The minimum atomic E-state index is -0.494. The van der Waals surface area contributed by atoms with Crippen LogP contribution in [0.2, 0.25) is 0 Å². The first-order valence-corrected chi connectivity index (χ1v) is 15.1. The molecule has 5 heterocycles. The molecule has 41 heavy (non-hydrogen) atoms. The number of thiazole rings is 1. The molecular weight excluding hydrogens is 544 g/mol. The minimum Gasteiger partial charge on any atom is -0.473 e. The van der Waals surface area contributed by atoms with Crippen molar-refractivity contribution >= 4 is 45.8 Å². The van der Waals surface area contributed by atoms with Gasteiger partial charge in [0.05, 0.1) is 16.4 Å². The lowest BCUT2D eigenvalue weighted by atomic mass is 9.91. The number of nitrogens with one attached hydrogen (secondary N) is 1. The van der Waals surface area contributed by atoms with Crippen LogP contribution in [0.4, 0.5) is 11.5 Å². The number of hydrogen-bond donors (Lipinski definition) is 3. The number of piperidine rings is 1. The van der Waals surface area contributed by atoms with Gasteiger partial charge in [0.1, 0.15) is 24.6 Å². The molecule has 1 aliphatic carbocycles. The summed E-state index contributed by atoms with van der Waals surface area (Å²) in [5, 5.41) is 9.17. The van der Waals surface area contributed by atoms with Gasteiger partial charge in [-0.05, 0) is 57.9 Å². The number of nitrogens with zero attached hydrogens (tertiary/aromatic N) is 5. The highest BCUT2D eigenvalue weighted by molar-refractivity contribution is 7.13. The Labute approximate surface area is 242 Å². The van der Waals surface area contributed by atoms with Gasteiger partial charge in [-0.2, -0.15) is 5.10 Å². The van der Waals surface area contributed by atoms with Crippen LogP contribution in [-0.2, 0) is 9.53 Å². The largest absolute Gasteiger partial charge is 0.473 e. The number of primary amides is 1. The van der Waals surface area contributed by atoms with Gasteiger partial charge in [-0.1, -0.05) is 6.92 Å². The zero-order chi connectivity index (χ0) is 28.7. The van der Waals surface area contributed by atoms with Gasteiger partial charge in [-0.25, -0.2) is 19.3 Å². The van der Waals surface area contributed by atoms with Gasteiger partial charge >= 0.3 is 5.97 Å². The number of hydrogen-bond acceptors (Lipinski definition) is 11. The van der Waals surface area contributed by atoms with E-state index in [1.807, 2.05) is 13.8 Å². The van der Waals surface area contributed by atoms with E-state index in [-0.39, 0.29) is 18.7 Å². The van der Waals surface area contributed by atoms with Gasteiger partial charge < -0.3 is 31.2 Å². The molecule has 1 atom stereocenters. The van der Waals surface area contributed by atoms with Crippen LogP contribution in [0.25, 0.3) is 11.1 Å². The first-order chi connectivity index (χ1) is 19.8. The number of aromatic nitrogens is 4. The van der Waals surface area contributed by atoms with E-state index in [1.165, 1.54) is 17.7 Å². The van der Waals surface area contributed by atoms with Gasteiger partial charge in [0, 0.05) is 36.3 Å². The van der Waals surface area contributed by atoms with Gasteiger partial charge in [0.2, 0.25) is 5.88 Å². The molecule has 1 saturated heterocycles. The molecule has 5 N–H and O–H groups in total.